The van der Waals surface area contributed by atoms with Crippen LogP contribution in [0.2, 0.25) is 0 Å². The minimum Gasteiger partial charge on any atom is -0.480 e. The molecule has 2 rings (SSSR count). The van der Waals surface area contributed by atoms with Gasteiger partial charge in [0.25, 0.3) is 0 Å². The molecule has 2 N–H and O–H groups in total. The number of carboxylic acid groups (broad SMARTS) is 1. The third-order valence-corrected chi connectivity index (χ3v) is 3.17. The van der Waals surface area contributed by atoms with Gasteiger partial charge in [0, 0.05) is 31.4 Å². The van der Waals surface area contributed by atoms with Crippen LogP contribution in [0.1, 0.15) is 11.3 Å². The van der Waals surface area contributed by atoms with Gasteiger partial charge in [-0.05, 0) is 11.6 Å². The molecule has 0 unspecified atom stereocenters. The zero-order valence-electron chi connectivity index (χ0n) is 12.1. The Balaban J connectivity index is 1.99. The number of aliphatic carboxylic acids is 1. The Hall–Kier alpha value is -2.89. The lowest BCUT2D eigenvalue weighted by Gasteiger charge is -2.13. The van der Waals surface area contributed by atoms with Crippen LogP contribution in [0.4, 0.5) is 0 Å². The highest BCUT2D eigenvalue weighted by Gasteiger charge is 2.20. The fraction of sp³-hybridized carbons (Fsp3) is 0.188. The van der Waals surface area contributed by atoms with Crippen molar-refractivity contribution in [3.05, 3.63) is 60.2 Å². The topological polar surface area (TPSA) is 84.2 Å². The van der Waals surface area contributed by atoms with E-state index in [0.717, 1.165) is 11.3 Å². The van der Waals surface area contributed by atoms with Crippen LogP contribution < -0.4 is 5.32 Å². The third-order valence-electron chi connectivity index (χ3n) is 3.17. The van der Waals surface area contributed by atoms with Crippen molar-refractivity contribution in [1.82, 2.24) is 14.9 Å². The monoisotopic (exact) mass is 299 g/mol. The second-order valence-electron chi connectivity index (χ2n) is 4.84. The Morgan fingerprint density at radius 3 is 2.68 bits per heavy atom. The van der Waals surface area contributed by atoms with Crippen LogP contribution in [0.3, 0.4) is 0 Å². The number of hydrogen-bond donors (Lipinski definition) is 2. The predicted octanol–water partition coefficient (Wildman–Crippen LogP) is 1.25. The Morgan fingerprint density at radius 2 is 2.09 bits per heavy atom. The summed E-state index contributed by atoms with van der Waals surface area (Å²) in [4.78, 5) is 27.1. The smallest absolute Gasteiger partial charge is 0.326 e. The molecule has 0 aliphatic heterocycles. The molecule has 0 fully saturated rings. The first-order valence-electron chi connectivity index (χ1n) is 6.78. The van der Waals surface area contributed by atoms with Gasteiger partial charge in [-0.2, -0.15) is 0 Å². The molecule has 2 aromatic rings. The van der Waals surface area contributed by atoms with E-state index in [0.29, 0.717) is 0 Å². The highest BCUT2D eigenvalue weighted by atomic mass is 16.4. The standard InChI is InChI=1S/C16H17N3O3/c1-19-11-17-10-13(19)9-14(16(21)22)18-15(20)8-7-12-5-3-2-4-6-12/h2-8,10-11,14H,9H2,1H3,(H,18,20)(H,21,22)/b8-7+/t14-/m0/s1. The molecular formula is C16H17N3O3. The molecule has 1 aromatic heterocycles. The lowest BCUT2D eigenvalue weighted by Crippen LogP contribution is -2.41. The van der Waals surface area contributed by atoms with E-state index < -0.39 is 17.9 Å². The van der Waals surface area contributed by atoms with E-state index >= 15 is 0 Å². The predicted molar refractivity (Wildman–Crippen MR) is 82.0 cm³/mol. The quantitative estimate of drug-likeness (QED) is 0.786. The Morgan fingerprint density at radius 1 is 1.36 bits per heavy atom. The van der Waals surface area contributed by atoms with Crippen molar-refractivity contribution in [1.29, 1.82) is 0 Å². The van der Waals surface area contributed by atoms with Crippen molar-refractivity contribution in [2.24, 2.45) is 7.05 Å². The van der Waals surface area contributed by atoms with Gasteiger partial charge in [-0.1, -0.05) is 30.3 Å². The molecule has 0 bridgehead atoms. The molecule has 0 aliphatic rings. The first-order valence-corrected chi connectivity index (χ1v) is 6.78. The fourth-order valence-electron chi connectivity index (χ4n) is 1.95. The number of imidazole rings is 1. The first-order chi connectivity index (χ1) is 10.6. The van der Waals surface area contributed by atoms with E-state index in [9.17, 15) is 14.7 Å². The zero-order chi connectivity index (χ0) is 15.9. The summed E-state index contributed by atoms with van der Waals surface area (Å²) in [5, 5.41) is 11.7. The highest BCUT2D eigenvalue weighted by molar-refractivity contribution is 5.94. The molecule has 1 heterocycles. The van der Waals surface area contributed by atoms with E-state index in [2.05, 4.69) is 10.3 Å². The van der Waals surface area contributed by atoms with Gasteiger partial charge in [-0.25, -0.2) is 9.78 Å². The van der Waals surface area contributed by atoms with E-state index in [1.165, 1.54) is 6.08 Å². The molecule has 22 heavy (non-hydrogen) atoms. The lowest BCUT2D eigenvalue weighted by molar-refractivity contribution is -0.141. The number of aryl methyl sites for hydroxylation is 1. The van der Waals surface area contributed by atoms with Gasteiger partial charge in [0.2, 0.25) is 5.91 Å². The first kappa shape index (κ1) is 15.5. The van der Waals surface area contributed by atoms with Crippen molar-refractivity contribution in [2.45, 2.75) is 12.5 Å². The van der Waals surface area contributed by atoms with Gasteiger partial charge >= 0.3 is 5.97 Å². The van der Waals surface area contributed by atoms with Gasteiger partial charge < -0.3 is 15.0 Å². The number of carbonyl (C=O) groups is 2. The molecule has 6 nitrogen and oxygen atoms in total. The summed E-state index contributed by atoms with van der Waals surface area (Å²) in [7, 11) is 1.78. The van der Waals surface area contributed by atoms with Crippen LogP contribution in [0.25, 0.3) is 6.08 Å². The summed E-state index contributed by atoms with van der Waals surface area (Å²) < 4.78 is 1.72. The second kappa shape index (κ2) is 7.21. The maximum atomic E-state index is 11.9. The largest absolute Gasteiger partial charge is 0.480 e. The molecule has 114 valence electrons. The number of amides is 1. The zero-order valence-corrected chi connectivity index (χ0v) is 12.1. The van der Waals surface area contributed by atoms with Crippen molar-refractivity contribution in [3.8, 4) is 0 Å². The maximum absolute atomic E-state index is 11.9. The van der Waals surface area contributed by atoms with Gasteiger partial charge in [0.05, 0.1) is 6.33 Å². The third kappa shape index (κ3) is 4.31. The summed E-state index contributed by atoms with van der Waals surface area (Å²) in [5.74, 6) is -1.53. The van der Waals surface area contributed by atoms with Crippen LogP contribution >= 0.6 is 0 Å². The summed E-state index contributed by atoms with van der Waals surface area (Å²) >= 11 is 0. The average molecular weight is 299 g/mol. The lowest BCUT2D eigenvalue weighted by atomic mass is 10.1. The van der Waals surface area contributed by atoms with Crippen LogP contribution in [0, 0.1) is 0 Å². The number of benzene rings is 1. The Kier molecular flexibility index (Phi) is 5.08. The Labute approximate surface area is 128 Å². The maximum Gasteiger partial charge on any atom is 0.326 e. The Bertz CT molecular complexity index is 677. The number of nitrogens with zero attached hydrogens (tertiary/aromatic N) is 2. The minimum atomic E-state index is -1.08. The molecular weight excluding hydrogens is 282 g/mol. The molecule has 1 aromatic carbocycles. The molecule has 1 atom stereocenters. The number of rotatable bonds is 6. The molecule has 0 aliphatic carbocycles. The van der Waals surface area contributed by atoms with Crippen molar-refractivity contribution in [2.75, 3.05) is 0 Å². The fourth-order valence-corrected chi connectivity index (χ4v) is 1.95. The molecule has 6 heteroatoms. The van der Waals surface area contributed by atoms with E-state index in [4.69, 9.17) is 0 Å². The van der Waals surface area contributed by atoms with Crippen molar-refractivity contribution >= 4 is 18.0 Å². The van der Waals surface area contributed by atoms with Gasteiger partial charge in [0.1, 0.15) is 6.04 Å². The number of carboxylic acids is 1. The van der Waals surface area contributed by atoms with Crippen LogP contribution in [-0.2, 0) is 23.1 Å². The number of nitrogens with one attached hydrogen (secondary N) is 1. The molecule has 0 saturated heterocycles. The second-order valence-corrected chi connectivity index (χ2v) is 4.84. The minimum absolute atomic E-state index is 0.177. The summed E-state index contributed by atoms with van der Waals surface area (Å²) in [6.45, 7) is 0. The van der Waals surface area contributed by atoms with Crippen LogP contribution in [0.15, 0.2) is 48.9 Å². The van der Waals surface area contributed by atoms with Gasteiger partial charge in [-0.3, -0.25) is 4.79 Å². The van der Waals surface area contributed by atoms with Crippen molar-refractivity contribution < 1.29 is 14.7 Å². The molecule has 0 radical (unpaired) electrons. The van der Waals surface area contributed by atoms with Crippen molar-refractivity contribution in [3.63, 3.8) is 0 Å². The summed E-state index contributed by atoms with van der Waals surface area (Å²) in [6.07, 6.45) is 6.32. The van der Waals surface area contributed by atoms with Gasteiger partial charge in [-0.15, -0.1) is 0 Å². The van der Waals surface area contributed by atoms with E-state index in [1.807, 2.05) is 30.3 Å². The molecule has 0 spiro atoms. The van der Waals surface area contributed by atoms with Crippen LogP contribution in [0.5, 0.6) is 0 Å². The number of hydrogen-bond acceptors (Lipinski definition) is 3. The number of aromatic nitrogens is 2. The van der Waals surface area contributed by atoms with Gasteiger partial charge in [0.15, 0.2) is 0 Å². The number of carbonyl (C=O) groups excluding carboxylic acids is 1. The molecule has 1 amide bonds. The van der Waals surface area contributed by atoms with E-state index in [-0.39, 0.29) is 6.42 Å². The summed E-state index contributed by atoms with van der Waals surface area (Å²) in [5.41, 5.74) is 1.61. The highest BCUT2D eigenvalue weighted by Crippen LogP contribution is 2.03. The SMILES string of the molecule is Cn1cncc1C[C@H](NC(=O)/C=C/c1ccccc1)C(=O)O. The molecule has 0 saturated carbocycles. The van der Waals surface area contributed by atoms with E-state index in [1.54, 1.807) is 30.2 Å². The van der Waals surface area contributed by atoms with Crippen LogP contribution in [-0.4, -0.2) is 32.6 Å². The average Bonchev–Trinajstić information content (AvgIpc) is 2.91. The normalized spacial score (nSPS) is 12.2. The summed E-state index contributed by atoms with van der Waals surface area (Å²) in [6, 6.07) is 8.32.